The van der Waals surface area contributed by atoms with Crippen LogP contribution in [0.15, 0.2) is 53.6 Å². The summed E-state index contributed by atoms with van der Waals surface area (Å²) in [5.74, 6) is 0.823. The Morgan fingerprint density at radius 1 is 1.11 bits per heavy atom. The highest BCUT2D eigenvalue weighted by molar-refractivity contribution is 8.26. The maximum Gasteiger partial charge on any atom is 0.266 e. The fourth-order valence-corrected chi connectivity index (χ4v) is 5.44. The Morgan fingerprint density at radius 3 is 2.57 bits per heavy atom. The Balaban J connectivity index is 1.19. The van der Waals surface area contributed by atoms with Gasteiger partial charge in [0.15, 0.2) is 0 Å². The lowest BCUT2D eigenvalue weighted by Gasteiger charge is -2.34. The third-order valence-corrected chi connectivity index (χ3v) is 7.57. The Morgan fingerprint density at radius 2 is 1.89 bits per heavy atom. The molecule has 35 heavy (non-hydrogen) atoms. The zero-order chi connectivity index (χ0) is 24.6. The van der Waals surface area contributed by atoms with Gasteiger partial charge in [0.25, 0.3) is 5.91 Å². The van der Waals surface area contributed by atoms with Crippen molar-refractivity contribution < 1.29 is 14.3 Å². The number of amides is 2. The van der Waals surface area contributed by atoms with Crippen LogP contribution < -0.4 is 4.74 Å². The molecule has 0 N–H and O–H groups in total. The van der Waals surface area contributed by atoms with E-state index in [1.165, 1.54) is 11.8 Å². The van der Waals surface area contributed by atoms with Crippen LogP contribution in [-0.2, 0) is 16.0 Å². The molecule has 9 heteroatoms. The summed E-state index contributed by atoms with van der Waals surface area (Å²) in [6.45, 7) is 4.66. The Bertz CT molecular complexity index is 1070. The van der Waals surface area contributed by atoms with Crippen LogP contribution in [0.3, 0.4) is 0 Å². The number of rotatable bonds is 9. The van der Waals surface area contributed by atoms with E-state index in [9.17, 15) is 9.59 Å². The van der Waals surface area contributed by atoms with Gasteiger partial charge >= 0.3 is 0 Å². The lowest BCUT2D eigenvalue weighted by Crippen LogP contribution is -2.49. The number of aromatic nitrogens is 1. The van der Waals surface area contributed by atoms with Crippen molar-refractivity contribution in [1.82, 2.24) is 19.7 Å². The van der Waals surface area contributed by atoms with Crippen LogP contribution in [0.2, 0.25) is 0 Å². The van der Waals surface area contributed by atoms with Crippen LogP contribution in [0.25, 0.3) is 6.08 Å². The summed E-state index contributed by atoms with van der Waals surface area (Å²) in [5, 5.41) is 0. The minimum absolute atomic E-state index is 0.0928. The number of thioether (sulfide) groups is 1. The molecule has 184 valence electrons. The number of pyridine rings is 1. The van der Waals surface area contributed by atoms with Gasteiger partial charge in [-0.2, -0.15) is 0 Å². The molecule has 1 aromatic carbocycles. The van der Waals surface area contributed by atoms with Gasteiger partial charge in [-0.15, -0.1) is 0 Å². The number of carbonyl (C=O) groups excluding carboxylic acids is 2. The maximum atomic E-state index is 12.8. The smallest absolute Gasteiger partial charge is 0.266 e. The van der Waals surface area contributed by atoms with E-state index in [2.05, 4.69) is 9.88 Å². The average molecular weight is 511 g/mol. The van der Waals surface area contributed by atoms with E-state index in [4.69, 9.17) is 17.0 Å². The fourth-order valence-electron chi connectivity index (χ4n) is 4.13. The molecule has 0 bridgehead atoms. The summed E-state index contributed by atoms with van der Waals surface area (Å²) >= 11 is 6.74. The Kier molecular flexibility index (Phi) is 8.90. The first kappa shape index (κ1) is 25.3. The molecule has 0 spiro atoms. The standard InChI is InChI=1S/C26H30N4O3S2/c1-33-22-9-7-20(8-10-22)19-23-25(32)30(26(34)35-23)13-4-6-24(31)29-17-15-28(16-18-29)14-11-21-5-2-3-12-27-21/h2-3,5,7-10,12,19H,4,6,11,13-18H2,1H3/b23-19-. The highest BCUT2D eigenvalue weighted by Crippen LogP contribution is 2.33. The summed E-state index contributed by atoms with van der Waals surface area (Å²) in [7, 11) is 1.62. The van der Waals surface area contributed by atoms with Gasteiger partial charge in [-0.25, -0.2) is 0 Å². The largest absolute Gasteiger partial charge is 0.497 e. The van der Waals surface area contributed by atoms with Crippen LogP contribution in [0.1, 0.15) is 24.1 Å². The zero-order valence-electron chi connectivity index (χ0n) is 19.9. The quantitative estimate of drug-likeness (QED) is 0.378. The maximum absolute atomic E-state index is 12.8. The van der Waals surface area contributed by atoms with E-state index in [-0.39, 0.29) is 11.8 Å². The van der Waals surface area contributed by atoms with E-state index in [1.54, 1.807) is 12.0 Å². The first-order valence-electron chi connectivity index (χ1n) is 11.8. The highest BCUT2D eigenvalue weighted by Gasteiger charge is 2.32. The molecule has 2 saturated heterocycles. The SMILES string of the molecule is COc1ccc(/C=C2\SC(=S)N(CCCC(=O)N3CCN(CCc4ccccn4)CC3)C2=O)cc1. The summed E-state index contributed by atoms with van der Waals surface area (Å²) in [6.07, 6.45) is 5.61. The topological polar surface area (TPSA) is 66.0 Å². The van der Waals surface area contributed by atoms with Crippen LogP contribution >= 0.6 is 24.0 Å². The summed E-state index contributed by atoms with van der Waals surface area (Å²) in [5.41, 5.74) is 2.01. The van der Waals surface area contributed by atoms with E-state index in [0.717, 1.165) is 56.2 Å². The van der Waals surface area contributed by atoms with Crippen molar-refractivity contribution in [3.05, 3.63) is 64.8 Å². The van der Waals surface area contributed by atoms with Crippen LogP contribution in [-0.4, -0.2) is 82.2 Å². The van der Waals surface area contributed by atoms with Crippen molar-refractivity contribution >= 4 is 46.2 Å². The van der Waals surface area contributed by atoms with Gasteiger partial charge in [-0.1, -0.05) is 42.2 Å². The zero-order valence-corrected chi connectivity index (χ0v) is 21.5. The molecule has 2 aliphatic rings. The molecule has 2 fully saturated rings. The number of carbonyl (C=O) groups is 2. The number of benzene rings is 1. The van der Waals surface area contributed by atoms with Crippen molar-refractivity contribution in [3.8, 4) is 5.75 Å². The average Bonchev–Trinajstić information content (AvgIpc) is 3.16. The van der Waals surface area contributed by atoms with Gasteiger partial charge in [-0.05, 0) is 42.3 Å². The van der Waals surface area contributed by atoms with Crippen LogP contribution in [0.5, 0.6) is 5.75 Å². The van der Waals surface area contributed by atoms with Crippen molar-refractivity contribution in [2.24, 2.45) is 0 Å². The monoisotopic (exact) mass is 510 g/mol. The van der Waals surface area contributed by atoms with Gasteiger partial charge in [0.05, 0.1) is 12.0 Å². The number of thiocarbonyl (C=S) groups is 1. The molecule has 1 aromatic heterocycles. The predicted molar refractivity (Wildman–Crippen MR) is 143 cm³/mol. The molecule has 7 nitrogen and oxygen atoms in total. The molecule has 0 unspecified atom stereocenters. The molecule has 0 saturated carbocycles. The number of hydrogen-bond acceptors (Lipinski definition) is 7. The highest BCUT2D eigenvalue weighted by atomic mass is 32.2. The molecule has 0 aliphatic carbocycles. The predicted octanol–water partition coefficient (Wildman–Crippen LogP) is 3.46. The lowest BCUT2D eigenvalue weighted by atomic mass is 10.2. The van der Waals surface area contributed by atoms with E-state index in [0.29, 0.717) is 28.6 Å². The van der Waals surface area contributed by atoms with Gasteiger partial charge in [0, 0.05) is 64.0 Å². The van der Waals surface area contributed by atoms with Gasteiger partial charge in [-0.3, -0.25) is 24.4 Å². The normalized spacial score (nSPS) is 17.9. The summed E-state index contributed by atoms with van der Waals surface area (Å²) in [4.78, 5) is 36.5. The third-order valence-electron chi connectivity index (χ3n) is 6.19. The van der Waals surface area contributed by atoms with Gasteiger partial charge in [0.2, 0.25) is 5.91 Å². The first-order valence-corrected chi connectivity index (χ1v) is 13.1. The molecular weight excluding hydrogens is 480 g/mol. The molecule has 0 radical (unpaired) electrons. The van der Waals surface area contributed by atoms with Crippen molar-refractivity contribution in [2.75, 3.05) is 46.4 Å². The van der Waals surface area contributed by atoms with Crippen molar-refractivity contribution in [2.45, 2.75) is 19.3 Å². The molecular formula is C26H30N4O3S2. The second kappa shape index (κ2) is 12.3. The number of nitrogens with zero attached hydrogens (tertiary/aromatic N) is 4. The van der Waals surface area contributed by atoms with E-state index >= 15 is 0 Å². The third kappa shape index (κ3) is 6.90. The molecule has 0 atom stereocenters. The minimum Gasteiger partial charge on any atom is -0.497 e. The Hall–Kier alpha value is -2.75. The van der Waals surface area contributed by atoms with Crippen molar-refractivity contribution in [1.29, 1.82) is 0 Å². The molecule has 2 aliphatic heterocycles. The second-order valence-corrected chi connectivity index (χ2v) is 10.2. The van der Waals surface area contributed by atoms with Crippen LogP contribution in [0.4, 0.5) is 0 Å². The molecule has 2 amide bonds. The van der Waals surface area contributed by atoms with Crippen molar-refractivity contribution in [3.63, 3.8) is 0 Å². The number of piperazine rings is 1. The first-order chi connectivity index (χ1) is 17.0. The number of hydrogen-bond donors (Lipinski definition) is 0. The number of methoxy groups -OCH3 is 1. The van der Waals surface area contributed by atoms with E-state index < -0.39 is 0 Å². The number of ether oxygens (including phenoxy) is 1. The summed E-state index contributed by atoms with van der Waals surface area (Å²) < 4.78 is 5.72. The van der Waals surface area contributed by atoms with Gasteiger partial charge < -0.3 is 9.64 Å². The van der Waals surface area contributed by atoms with E-state index in [1.807, 2.05) is 59.6 Å². The Labute approximate surface area is 216 Å². The van der Waals surface area contributed by atoms with Crippen LogP contribution in [0, 0.1) is 0 Å². The van der Waals surface area contributed by atoms with Gasteiger partial charge in [0.1, 0.15) is 10.1 Å². The molecule has 3 heterocycles. The minimum atomic E-state index is -0.0928. The molecule has 2 aromatic rings. The molecule has 4 rings (SSSR count). The second-order valence-electron chi connectivity index (χ2n) is 8.50. The lowest BCUT2D eigenvalue weighted by molar-refractivity contribution is -0.133. The fraction of sp³-hybridized carbons (Fsp3) is 0.385. The summed E-state index contributed by atoms with van der Waals surface area (Å²) in [6, 6.07) is 13.5.